The second kappa shape index (κ2) is 13.4. The van der Waals surface area contributed by atoms with Crippen LogP contribution in [0.2, 0.25) is 0 Å². The third-order valence-electron chi connectivity index (χ3n) is 3.29. The largest absolute Gasteiger partial charge is 0.357 e. The average Bonchev–Trinajstić information content (AvgIpc) is 3.07. The van der Waals surface area contributed by atoms with Crippen molar-refractivity contribution < 1.29 is 0 Å². The SMILES string of the molecule is CCNC(=NCCc1csc(CC)n1)NCCSc1ccccc1.I. The number of halogens is 1. The number of hydrogen-bond donors (Lipinski definition) is 2. The summed E-state index contributed by atoms with van der Waals surface area (Å²) in [5.74, 6) is 1.90. The maximum absolute atomic E-state index is 4.64. The van der Waals surface area contributed by atoms with Crippen molar-refractivity contribution >= 4 is 53.0 Å². The van der Waals surface area contributed by atoms with Gasteiger partial charge >= 0.3 is 0 Å². The average molecular weight is 490 g/mol. The molecule has 1 heterocycles. The van der Waals surface area contributed by atoms with E-state index in [1.165, 1.54) is 9.90 Å². The van der Waals surface area contributed by atoms with Crippen molar-refractivity contribution in [2.24, 2.45) is 4.99 Å². The van der Waals surface area contributed by atoms with E-state index in [4.69, 9.17) is 0 Å². The Morgan fingerprint density at radius 1 is 1.20 bits per heavy atom. The molecule has 0 unspecified atom stereocenters. The van der Waals surface area contributed by atoms with E-state index >= 15 is 0 Å². The predicted molar refractivity (Wildman–Crippen MR) is 122 cm³/mol. The number of aryl methyl sites for hydroxylation is 1. The first-order valence-electron chi connectivity index (χ1n) is 8.45. The molecule has 4 nitrogen and oxygen atoms in total. The summed E-state index contributed by atoms with van der Waals surface area (Å²) in [5.41, 5.74) is 1.15. The maximum Gasteiger partial charge on any atom is 0.191 e. The molecular weight excluding hydrogens is 463 g/mol. The van der Waals surface area contributed by atoms with E-state index in [0.29, 0.717) is 0 Å². The van der Waals surface area contributed by atoms with Gasteiger partial charge in [-0.2, -0.15) is 0 Å². The minimum absolute atomic E-state index is 0. The fourth-order valence-electron chi connectivity index (χ4n) is 2.11. The molecular formula is C18H27IN4S2. The highest BCUT2D eigenvalue weighted by atomic mass is 127. The third-order valence-corrected chi connectivity index (χ3v) is 5.35. The van der Waals surface area contributed by atoms with E-state index in [0.717, 1.165) is 49.9 Å². The number of thioether (sulfide) groups is 1. The quantitative estimate of drug-likeness (QED) is 0.182. The summed E-state index contributed by atoms with van der Waals surface area (Å²) in [6, 6.07) is 10.5. The van der Waals surface area contributed by atoms with Crippen LogP contribution in [-0.2, 0) is 12.8 Å². The van der Waals surface area contributed by atoms with Crippen molar-refractivity contribution in [1.82, 2.24) is 15.6 Å². The Balaban J connectivity index is 0.00000312. The third kappa shape index (κ3) is 8.91. The summed E-state index contributed by atoms with van der Waals surface area (Å²) in [5, 5.41) is 10.0. The van der Waals surface area contributed by atoms with Gasteiger partial charge in [-0.25, -0.2) is 4.98 Å². The smallest absolute Gasteiger partial charge is 0.191 e. The molecule has 25 heavy (non-hydrogen) atoms. The Labute approximate surface area is 176 Å². The zero-order chi connectivity index (χ0) is 17.0. The normalized spacial score (nSPS) is 11.0. The van der Waals surface area contributed by atoms with Crippen LogP contribution in [0.4, 0.5) is 0 Å². The molecule has 0 saturated carbocycles. The number of benzene rings is 1. The molecule has 0 aliphatic heterocycles. The van der Waals surface area contributed by atoms with Crippen LogP contribution in [0.3, 0.4) is 0 Å². The van der Waals surface area contributed by atoms with Crippen molar-refractivity contribution in [1.29, 1.82) is 0 Å². The molecule has 0 aliphatic carbocycles. The number of rotatable bonds is 9. The molecule has 7 heteroatoms. The Kier molecular flexibility index (Phi) is 11.9. The van der Waals surface area contributed by atoms with Gasteiger partial charge in [0.1, 0.15) is 0 Å². The monoisotopic (exact) mass is 490 g/mol. The van der Waals surface area contributed by atoms with Crippen LogP contribution >= 0.6 is 47.1 Å². The highest BCUT2D eigenvalue weighted by Gasteiger charge is 2.01. The number of aromatic nitrogens is 1. The van der Waals surface area contributed by atoms with Crippen molar-refractivity contribution in [3.63, 3.8) is 0 Å². The van der Waals surface area contributed by atoms with Crippen LogP contribution in [0.25, 0.3) is 0 Å². The van der Waals surface area contributed by atoms with Crippen LogP contribution in [0.15, 0.2) is 45.6 Å². The van der Waals surface area contributed by atoms with Gasteiger partial charge in [0.15, 0.2) is 5.96 Å². The molecule has 0 fully saturated rings. The molecule has 1 aromatic heterocycles. The van der Waals surface area contributed by atoms with Crippen molar-refractivity contribution in [2.75, 3.05) is 25.4 Å². The molecule has 0 radical (unpaired) electrons. The van der Waals surface area contributed by atoms with Gasteiger partial charge in [-0.05, 0) is 25.5 Å². The lowest BCUT2D eigenvalue weighted by Gasteiger charge is -2.11. The van der Waals surface area contributed by atoms with Gasteiger partial charge in [0.2, 0.25) is 0 Å². The lowest BCUT2D eigenvalue weighted by molar-refractivity contribution is 0.830. The van der Waals surface area contributed by atoms with Gasteiger partial charge < -0.3 is 10.6 Å². The van der Waals surface area contributed by atoms with Gasteiger partial charge in [-0.15, -0.1) is 47.1 Å². The van der Waals surface area contributed by atoms with Crippen LogP contribution in [-0.4, -0.2) is 36.3 Å². The Bertz CT molecular complexity index is 617. The fourth-order valence-corrected chi connectivity index (χ4v) is 3.67. The summed E-state index contributed by atoms with van der Waals surface area (Å²) in [7, 11) is 0. The second-order valence-corrected chi connectivity index (χ2v) is 7.30. The van der Waals surface area contributed by atoms with Crippen LogP contribution < -0.4 is 10.6 Å². The molecule has 2 rings (SSSR count). The second-order valence-electron chi connectivity index (χ2n) is 5.19. The predicted octanol–water partition coefficient (Wildman–Crippen LogP) is 4.21. The molecule has 0 aliphatic rings. The minimum Gasteiger partial charge on any atom is -0.357 e. The first kappa shape index (κ1) is 22.2. The zero-order valence-electron chi connectivity index (χ0n) is 14.8. The standard InChI is InChI=1S/C18H26N4S2.HI/c1-3-17-22-15(14-24-17)10-11-20-18(19-4-2)21-12-13-23-16-8-6-5-7-9-16;/h5-9,14H,3-4,10-13H2,1-2H3,(H2,19,20,21);1H. The lowest BCUT2D eigenvalue weighted by atomic mass is 10.3. The molecule has 0 atom stereocenters. The number of thiazole rings is 1. The maximum atomic E-state index is 4.64. The molecule has 138 valence electrons. The molecule has 0 spiro atoms. The summed E-state index contributed by atoms with van der Waals surface area (Å²) >= 11 is 3.59. The number of hydrogen-bond acceptors (Lipinski definition) is 4. The van der Waals surface area contributed by atoms with Gasteiger partial charge in [0.05, 0.1) is 10.7 Å². The molecule has 1 aromatic carbocycles. The van der Waals surface area contributed by atoms with Gasteiger partial charge in [-0.3, -0.25) is 4.99 Å². The van der Waals surface area contributed by atoms with Crippen molar-refractivity contribution in [2.45, 2.75) is 31.6 Å². The number of guanidine groups is 1. The molecule has 0 amide bonds. The van der Waals surface area contributed by atoms with E-state index in [-0.39, 0.29) is 24.0 Å². The Morgan fingerprint density at radius 2 is 2.00 bits per heavy atom. The van der Waals surface area contributed by atoms with E-state index < -0.39 is 0 Å². The van der Waals surface area contributed by atoms with Crippen LogP contribution in [0.1, 0.15) is 24.5 Å². The lowest BCUT2D eigenvalue weighted by Crippen LogP contribution is -2.38. The van der Waals surface area contributed by atoms with Gasteiger partial charge in [0, 0.05) is 42.1 Å². The van der Waals surface area contributed by atoms with E-state index in [1.807, 2.05) is 17.8 Å². The number of aliphatic imine (C=N–C) groups is 1. The molecule has 0 saturated heterocycles. The number of nitrogens with zero attached hydrogens (tertiary/aromatic N) is 2. The first-order valence-corrected chi connectivity index (χ1v) is 10.3. The van der Waals surface area contributed by atoms with Crippen molar-refractivity contribution in [3.05, 3.63) is 46.4 Å². The Hall–Kier alpha value is -0.800. The first-order chi connectivity index (χ1) is 11.8. The van der Waals surface area contributed by atoms with E-state index in [9.17, 15) is 0 Å². The van der Waals surface area contributed by atoms with Gasteiger partial charge in [0.25, 0.3) is 0 Å². The van der Waals surface area contributed by atoms with Crippen molar-refractivity contribution in [3.8, 4) is 0 Å². The van der Waals surface area contributed by atoms with E-state index in [1.54, 1.807) is 11.3 Å². The fraction of sp³-hybridized carbons (Fsp3) is 0.444. The van der Waals surface area contributed by atoms with Gasteiger partial charge in [-0.1, -0.05) is 25.1 Å². The minimum atomic E-state index is 0. The topological polar surface area (TPSA) is 49.3 Å². The molecule has 2 aromatic rings. The molecule has 0 bridgehead atoms. The van der Waals surface area contributed by atoms with Crippen LogP contribution in [0.5, 0.6) is 0 Å². The zero-order valence-corrected chi connectivity index (χ0v) is 18.8. The Morgan fingerprint density at radius 3 is 2.68 bits per heavy atom. The highest BCUT2D eigenvalue weighted by Crippen LogP contribution is 2.15. The summed E-state index contributed by atoms with van der Waals surface area (Å²) < 4.78 is 0. The van der Waals surface area contributed by atoms with E-state index in [2.05, 4.69) is 64.1 Å². The van der Waals surface area contributed by atoms with Crippen LogP contribution in [0, 0.1) is 0 Å². The molecule has 2 N–H and O–H groups in total. The summed E-state index contributed by atoms with van der Waals surface area (Å²) in [4.78, 5) is 10.5. The number of nitrogens with one attached hydrogen (secondary N) is 2. The summed E-state index contributed by atoms with van der Waals surface area (Å²) in [6.07, 6.45) is 1.91. The highest BCUT2D eigenvalue weighted by molar-refractivity contribution is 14.0. The summed E-state index contributed by atoms with van der Waals surface area (Å²) in [6.45, 7) is 6.75.